The van der Waals surface area contributed by atoms with E-state index in [2.05, 4.69) is 27.6 Å². The van der Waals surface area contributed by atoms with Crippen LogP contribution in [0.25, 0.3) is 16.9 Å². The molecule has 1 aromatic heterocycles. The minimum absolute atomic E-state index is 0.195. The second-order valence-electron chi connectivity index (χ2n) is 5.79. The first-order valence-electron chi connectivity index (χ1n) is 8.30. The molecule has 0 saturated heterocycles. The number of methoxy groups -OCH3 is 1. The molecule has 0 radical (unpaired) electrons. The molecule has 0 spiro atoms. The number of aliphatic imine (C=N–C) groups is 1. The van der Waals surface area contributed by atoms with Crippen molar-refractivity contribution in [1.82, 2.24) is 9.78 Å². The number of rotatable bonds is 5. The Morgan fingerprint density at radius 2 is 1.83 bits per heavy atom. The van der Waals surface area contributed by atoms with Crippen LogP contribution < -0.4 is 15.8 Å². The van der Waals surface area contributed by atoms with Crippen molar-refractivity contribution in [1.29, 1.82) is 0 Å². The summed E-state index contributed by atoms with van der Waals surface area (Å²) in [5.74, 6) is 0.570. The predicted molar refractivity (Wildman–Crippen MR) is 109 cm³/mol. The summed E-state index contributed by atoms with van der Waals surface area (Å²) < 4.78 is 47.6. The molecule has 1 heterocycles. The van der Waals surface area contributed by atoms with E-state index in [1.165, 1.54) is 11.8 Å². The van der Waals surface area contributed by atoms with Gasteiger partial charge in [-0.25, -0.2) is 9.67 Å². The summed E-state index contributed by atoms with van der Waals surface area (Å²) in [6.45, 7) is 0. The fourth-order valence-electron chi connectivity index (χ4n) is 2.69. The molecule has 0 unspecified atom stereocenters. The smallest absolute Gasteiger partial charge is 0.437 e. The molecular formula is C19H16F3N5OS. The number of nitrogens with two attached hydrogens (primary N) is 1. The number of para-hydroxylation sites is 1. The summed E-state index contributed by atoms with van der Waals surface area (Å²) in [6.07, 6.45) is -3.70. The number of alkyl halides is 3. The molecule has 6 nitrogen and oxygen atoms in total. The lowest BCUT2D eigenvalue weighted by Crippen LogP contribution is -2.11. The molecule has 3 aromatic rings. The van der Waals surface area contributed by atoms with Crippen LogP contribution >= 0.6 is 12.2 Å². The van der Waals surface area contributed by atoms with Crippen LogP contribution in [0.4, 0.5) is 18.9 Å². The molecule has 2 aromatic carbocycles. The third kappa shape index (κ3) is 4.54. The Balaban J connectivity index is 2.27. The van der Waals surface area contributed by atoms with E-state index < -0.39 is 11.9 Å². The average Bonchev–Trinajstić information content (AvgIpc) is 3.08. The number of hydrogen-bond acceptors (Lipinski definition) is 3. The third-order valence-corrected chi connectivity index (χ3v) is 4.02. The summed E-state index contributed by atoms with van der Waals surface area (Å²) >= 11 is 4.64. The Hall–Kier alpha value is -3.40. The number of anilines is 1. The first-order valence-corrected chi connectivity index (χ1v) is 8.70. The highest BCUT2D eigenvalue weighted by Crippen LogP contribution is 2.41. The maximum absolute atomic E-state index is 13.7. The topological polar surface area (TPSA) is 77.5 Å². The quantitative estimate of drug-likeness (QED) is 0.367. The van der Waals surface area contributed by atoms with E-state index in [9.17, 15) is 13.2 Å². The lowest BCUT2D eigenvalue weighted by Gasteiger charge is -2.11. The normalized spacial score (nSPS) is 11.6. The Morgan fingerprint density at radius 1 is 1.17 bits per heavy atom. The minimum atomic E-state index is -4.71. The van der Waals surface area contributed by atoms with Crippen LogP contribution in [0.15, 0.2) is 59.6 Å². The zero-order chi connectivity index (χ0) is 21.0. The van der Waals surface area contributed by atoms with Gasteiger partial charge in [0, 0.05) is 5.56 Å². The standard InChI is InChI=1S/C19H16F3N5OS/c1-28-14-9-7-12(8-10-14)16-15(24-11-25-18(23)29)17(19(20,21)22)26-27(16)13-5-3-2-4-6-13/h2-11H,1H3,(H3,23,24,25,29). The number of nitrogens with one attached hydrogen (secondary N) is 1. The van der Waals surface area contributed by atoms with Crippen LogP contribution in [0.5, 0.6) is 5.75 Å². The van der Waals surface area contributed by atoms with Crippen LogP contribution in [0.2, 0.25) is 0 Å². The van der Waals surface area contributed by atoms with Crippen molar-refractivity contribution in [3.8, 4) is 22.7 Å². The lowest BCUT2D eigenvalue weighted by atomic mass is 10.1. The zero-order valence-electron chi connectivity index (χ0n) is 15.1. The monoisotopic (exact) mass is 419 g/mol. The highest BCUT2D eigenvalue weighted by atomic mass is 32.1. The largest absolute Gasteiger partial charge is 0.497 e. The molecule has 10 heteroatoms. The Labute approximate surface area is 169 Å². The van der Waals surface area contributed by atoms with Gasteiger partial charge >= 0.3 is 6.18 Å². The highest BCUT2D eigenvalue weighted by molar-refractivity contribution is 7.80. The summed E-state index contributed by atoms with van der Waals surface area (Å²) in [6, 6.07) is 15.1. The molecule has 0 bridgehead atoms. The van der Waals surface area contributed by atoms with Gasteiger partial charge in [-0.05, 0) is 48.6 Å². The minimum Gasteiger partial charge on any atom is -0.497 e. The van der Waals surface area contributed by atoms with E-state index in [0.29, 0.717) is 17.0 Å². The third-order valence-electron chi connectivity index (χ3n) is 3.92. The maximum Gasteiger partial charge on any atom is 0.437 e. The molecule has 0 fully saturated rings. The lowest BCUT2D eigenvalue weighted by molar-refractivity contribution is -0.140. The Kier molecular flexibility index (Phi) is 5.83. The van der Waals surface area contributed by atoms with Crippen molar-refractivity contribution in [2.45, 2.75) is 6.18 Å². The number of hydrogen-bond donors (Lipinski definition) is 2. The van der Waals surface area contributed by atoms with E-state index in [0.717, 1.165) is 6.34 Å². The molecule has 150 valence electrons. The van der Waals surface area contributed by atoms with Gasteiger partial charge in [0.2, 0.25) is 0 Å². The second kappa shape index (κ2) is 8.31. The van der Waals surface area contributed by atoms with Crippen LogP contribution in [-0.2, 0) is 6.18 Å². The average molecular weight is 419 g/mol. The fourth-order valence-corrected chi connectivity index (χ4v) is 2.74. The molecule has 0 aliphatic rings. The molecule has 3 rings (SSSR count). The van der Waals surface area contributed by atoms with Crippen LogP contribution in [-0.4, -0.2) is 28.3 Å². The van der Waals surface area contributed by atoms with Gasteiger partial charge in [-0.15, -0.1) is 0 Å². The number of thiocarbonyl (C=S) groups is 1. The second-order valence-corrected chi connectivity index (χ2v) is 6.20. The summed E-state index contributed by atoms with van der Waals surface area (Å²) in [7, 11) is 1.50. The molecule has 0 saturated carbocycles. The fraction of sp³-hybridized carbons (Fsp3) is 0.105. The molecule has 3 N–H and O–H groups in total. The van der Waals surface area contributed by atoms with Gasteiger partial charge in [0.25, 0.3) is 0 Å². The Morgan fingerprint density at radius 3 is 2.38 bits per heavy atom. The van der Waals surface area contributed by atoms with E-state index in [4.69, 9.17) is 10.5 Å². The zero-order valence-corrected chi connectivity index (χ0v) is 16.0. The number of ether oxygens (including phenoxy) is 1. The van der Waals surface area contributed by atoms with E-state index in [1.54, 1.807) is 54.6 Å². The van der Waals surface area contributed by atoms with Crippen molar-refractivity contribution in [3.05, 3.63) is 60.3 Å². The molecule has 29 heavy (non-hydrogen) atoms. The van der Waals surface area contributed by atoms with Gasteiger partial charge in [-0.3, -0.25) is 0 Å². The molecule has 0 aliphatic heterocycles. The van der Waals surface area contributed by atoms with Crippen LogP contribution in [0.1, 0.15) is 5.69 Å². The van der Waals surface area contributed by atoms with Gasteiger partial charge in [-0.1, -0.05) is 18.2 Å². The molecule has 0 amide bonds. The summed E-state index contributed by atoms with van der Waals surface area (Å²) in [5.41, 5.74) is 5.07. The van der Waals surface area contributed by atoms with Gasteiger partial charge < -0.3 is 15.8 Å². The highest BCUT2D eigenvalue weighted by Gasteiger charge is 2.40. The van der Waals surface area contributed by atoms with Crippen molar-refractivity contribution in [2.24, 2.45) is 10.7 Å². The van der Waals surface area contributed by atoms with Gasteiger partial charge in [0.05, 0.1) is 30.5 Å². The first kappa shape index (κ1) is 20.3. The number of nitrogens with zero attached hydrogens (tertiary/aromatic N) is 3. The number of halogens is 3. The van der Waals surface area contributed by atoms with Gasteiger partial charge in [0.1, 0.15) is 5.75 Å². The first-order chi connectivity index (χ1) is 13.8. The predicted octanol–water partition coefficient (Wildman–Crippen LogP) is 4.25. The van der Waals surface area contributed by atoms with Crippen molar-refractivity contribution >= 4 is 29.4 Å². The van der Waals surface area contributed by atoms with Crippen molar-refractivity contribution in [2.75, 3.05) is 12.4 Å². The molecule has 0 aliphatic carbocycles. The van der Waals surface area contributed by atoms with Gasteiger partial charge in [-0.2, -0.15) is 18.3 Å². The van der Waals surface area contributed by atoms with Crippen LogP contribution in [0.3, 0.4) is 0 Å². The molecule has 0 atom stereocenters. The van der Waals surface area contributed by atoms with E-state index in [-0.39, 0.29) is 16.5 Å². The van der Waals surface area contributed by atoms with E-state index in [1.807, 2.05) is 0 Å². The Bertz CT molecular complexity index is 1030. The van der Waals surface area contributed by atoms with Crippen LogP contribution in [0, 0.1) is 0 Å². The number of aromatic nitrogens is 2. The molecular weight excluding hydrogens is 403 g/mol. The van der Waals surface area contributed by atoms with E-state index >= 15 is 0 Å². The van der Waals surface area contributed by atoms with Crippen molar-refractivity contribution in [3.63, 3.8) is 0 Å². The van der Waals surface area contributed by atoms with Crippen molar-refractivity contribution < 1.29 is 17.9 Å². The SMILES string of the molecule is COc1ccc(-c2c(N/C=N/C(N)=S)c(C(F)(F)F)nn2-c2ccccc2)cc1. The maximum atomic E-state index is 13.7. The van der Waals surface area contributed by atoms with Gasteiger partial charge in [0.15, 0.2) is 10.8 Å². The summed E-state index contributed by atoms with van der Waals surface area (Å²) in [4.78, 5) is 3.64. The number of benzene rings is 2. The summed E-state index contributed by atoms with van der Waals surface area (Å²) in [5, 5.41) is 6.17.